The number of nitrogens with one attached hydrogen (secondary N) is 1. The Kier molecular flexibility index (Phi) is 3.62. The van der Waals surface area contributed by atoms with Crippen LogP contribution < -0.4 is 5.32 Å². The van der Waals surface area contributed by atoms with Gasteiger partial charge >= 0.3 is 0 Å². The summed E-state index contributed by atoms with van der Waals surface area (Å²) in [6, 6.07) is 13.6. The van der Waals surface area contributed by atoms with Gasteiger partial charge in [0.2, 0.25) is 0 Å². The molecule has 94 valence electrons. The van der Waals surface area contributed by atoms with E-state index in [0.29, 0.717) is 11.3 Å². The zero-order chi connectivity index (χ0) is 12.4. The summed E-state index contributed by atoms with van der Waals surface area (Å²) in [4.78, 5) is 1.34. The van der Waals surface area contributed by atoms with Crippen LogP contribution in [0.1, 0.15) is 13.3 Å². The van der Waals surface area contributed by atoms with Gasteiger partial charge in [0.05, 0.1) is 0 Å². The minimum atomic E-state index is 0.608. The van der Waals surface area contributed by atoms with E-state index in [1.165, 1.54) is 28.3 Å². The molecular weight excluding hydrogens is 258 g/mol. The minimum Gasteiger partial charge on any atom is -0.381 e. The van der Waals surface area contributed by atoms with Crippen LogP contribution in [0.2, 0.25) is 0 Å². The molecule has 0 radical (unpaired) electrons. The first-order valence-corrected chi connectivity index (χ1v) is 8.28. The lowest BCUT2D eigenvalue weighted by Gasteiger charge is -2.20. The molecule has 3 heteroatoms. The van der Waals surface area contributed by atoms with Crippen molar-refractivity contribution in [1.29, 1.82) is 0 Å². The van der Waals surface area contributed by atoms with E-state index in [2.05, 4.69) is 65.8 Å². The third kappa shape index (κ3) is 2.43. The predicted molar refractivity (Wildman–Crippen MR) is 83.7 cm³/mol. The second-order valence-corrected chi connectivity index (χ2v) is 7.07. The molecule has 1 fully saturated rings. The van der Waals surface area contributed by atoms with Crippen molar-refractivity contribution in [3.63, 3.8) is 0 Å². The summed E-state index contributed by atoms with van der Waals surface area (Å²) >= 11 is 3.87. The van der Waals surface area contributed by atoms with E-state index in [1.54, 1.807) is 11.3 Å². The van der Waals surface area contributed by atoms with Crippen molar-refractivity contribution in [1.82, 2.24) is 0 Å². The molecule has 1 aliphatic heterocycles. The van der Waals surface area contributed by atoms with E-state index in [4.69, 9.17) is 0 Å². The van der Waals surface area contributed by atoms with Crippen molar-refractivity contribution < 1.29 is 0 Å². The molecule has 1 aliphatic rings. The fourth-order valence-corrected chi connectivity index (χ4v) is 4.34. The average molecular weight is 275 g/mol. The second kappa shape index (κ2) is 5.37. The van der Waals surface area contributed by atoms with Crippen LogP contribution in [0, 0.1) is 0 Å². The van der Waals surface area contributed by atoms with E-state index < -0.39 is 0 Å². The highest BCUT2D eigenvalue weighted by Gasteiger charge is 2.24. The van der Waals surface area contributed by atoms with E-state index >= 15 is 0 Å². The fourth-order valence-electron chi connectivity index (χ4n) is 2.38. The van der Waals surface area contributed by atoms with Gasteiger partial charge in [-0.3, -0.25) is 0 Å². The van der Waals surface area contributed by atoms with Gasteiger partial charge in [0.1, 0.15) is 0 Å². The molecular formula is C15H17NS2. The van der Waals surface area contributed by atoms with E-state index in [0.717, 1.165) is 0 Å². The molecule has 0 amide bonds. The highest BCUT2D eigenvalue weighted by molar-refractivity contribution is 8.00. The molecule has 1 aromatic carbocycles. The molecule has 0 aliphatic carbocycles. The first-order chi connectivity index (χ1) is 8.84. The van der Waals surface area contributed by atoms with E-state index in [-0.39, 0.29) is 0 Å². The Bertz CT molecular complexity index is 507. The lowest BCUT2D eigenvalue weighted by Crippen LogP contribution is -2.24. The number of benzene rings is 1. The van der Waals surface area contributed by atoms with E-state index in [1.807, 2.05) is 0 Å². The Hall–Kier alpha value is -0.930. The first-order valence-electron chi connectivity index (χ1n) is 6.35. The Morgan fingerprint density at radius 2 is 2.06 bits per heavy atom. The second-order valence-electron chi connectivity index (χ2n) is 4.64. The molecule has 0 saturated carbocycles. The topological polar surface area (TPSA) is 12.0 Å². The number of anilines is 1. The molecule has 2 unspecified atom stereocenters. The molecule has 0 bridgehead atoms. The van der Waals surface area contributed by atoms with Crippen molar-refractivity contribution >= 4 is 28.8 Å². The average Bonchev–Trinajstić information content (AvgIpc) is 3.03. The van der Waals surface area contributed by atoms with Gasteiger partial charge in [-0.1, -0.05) is 31.2 Å². The van der Waals surface area contributed by atoms with Crippen LogP contribution in [0.25, 0.3) is 10.4 Å². The molecule has 1 saturated heterocycles. The summed E-state index contributed by atoms with van der Waals surface area (Å²) in [6.45, 7) is 2.32. The molecule has 1 N–H and O–H groups in total. The number of thioether (sulfide) groups is 1. The van der Waals surface area contributed by atoms with Crippen molar-refractivity contribution in [2.45, 2.75) is 24.6 Å². The van der Waals surface area contributed by atoms with Gasteiger partial charge in [-0.15, -0.1) is 11.3 Å². The third-order valence-corrected chi connectivity index (χ3v) is 5.66. The predicted octanol–water partition coefficient (Wildman–Crippen LogP) is 4.72. The Morgan fingerprint density at radius 3 is 2.78 bits per heavy atom. The normalized spacial score (nSPS) is 23.2. The maximum absolute atomic E-state index is 3.73. The van der Waals surface area contributed by atoms with Gasteiger partial charge < -0.3 is 5.32 Å². The summed E-state index contributed by atoms with van der Waals surface area (Å²) in [5.74, 6) is 1.28. The smallest absolute Gasteiger partial charge is 0.0430 e. The standard InChI is InChI=1S/C15H17NS2/c1-11-13(8-10-17-11)16-14-6-3-2-5-12(14)15-7-4-9-18-15/h2-7,9,11,13,16H,8,10H2,1H3. The minimum absolute atomic E-state index is 0.608. The van der Waals surface area contributed by atoms with Crippen molar-refractivity contribution in [2.24, 2.45) is 0 Å². The van der Waals surface area contributed by atoms with Gasteiger partial charge in [-0.05, 0) is 29.7 Å². The summed E-state index contributed by atoms with van der Waals surface area (Å²) in [6.07, 6.45) is 1.27. The first kappa shape index (κ1) is 12.1. The quantitative estimate of drug-likeness (QED) is 0.869. The summed E-state index contributed by atoms with van der Waals surface area (Å²) < 4.78 is 0. The van der Waals surface area contributed by atoms with Crippen LogP contribution >= 0.6 is 23.1 Å². The maximum Gasteiger partial charge on any atom is 0.0430 e. The molecule has 3 rings (SSSR count). The molecule has 0 spiro atoms. The monoisotopic (exact) mass is 275 g/mol. The van der Waals surface area contributed by atoms with Gasteiger partial charge in [0.15, 0.2) is 0 Å². The molecule has 1 nitrogen and oxygen atoms in total. The van der Waals surface area contributed by atoms with Gasteiger partial charge in [0, 0.05) is 27.4 Å². The van der Waals surface area contributed by atoms with Gasteiger partial charge in [-0.2, -0.15) is 11.8 Å². The zero-order valence-electron chi connectivity index (χ0n) is 10.4. The lowest BCUT2D eigenvalue weighted by molar-refractivity contribution is 0.724. The number of thiophene rings is 1. The van der Waals surface area contributed by atoms with Crippen LogP contribution in [-0.4, -0.2) is 17.0 Å². The van der Waals surface area contributed by atoms with Crippen molar-refractivity contribution in [3.05, 3.63) is 41.8 Å². The molecule has 2 atom stereocenters. The lowest BCUT2D eigenvalue weighted by atomic mass is 10.1. The van der Waals surface area contributed by atoms with Gasteiger partial charge in [0.25, 0.3) is 0 Å². The highest BCUT2D eigenvalue weighted by Crippen LogP contribution is 2.34. The number of hydrogen-bond donors (Lipinski definition) is 1. The molecule has 1 aromatic heterocycles. The van der Waals surface area contributed by atoms with Crippen molar-refractivity contribution in [2.75, 3.05) is 11.1 Å². The van der Waals surface area contributed by atoms with Crippen molar-refractivity contribution in [3.8, 4) is 10.4 Å². The zero-order valence-corrected chi connectivity index (χ0v) is 12.1. The van der Waals surface area contributed by atoms with Crippen LogP contribution in [0.5, 0.6) is 0 Å². The van der Waals surface area contributed by atoms with Crippen LogP contribution in [0.3, 0.4) is 0 Å². The van der Waals surface area contributed by atoms with E-state index in [9.17, 15) is 0 Å². The molecule has 18 heavy (non-hydrogen) atoms. The summed E-state index contributed by atoms with van der Waals surface area (Å²) in [7, 11) is 0. The highest BCUT2D eigenvalue weighted by atomic mass is 32.2. The maximum atomic E-state index is 3.73. The summed E-state index contributed by atoms with van der Waals surface area (Å²) in [5.41, 5.74) is 2.61. The van der Waals surface area contributed by atoms with Crippen LogP contribution in [0.15, 0.2) is 41.8 Å². The van der Waals surface area contributed by atoms with Crippen LogP contribution in [0.4, 0.5) is 5.69 Å². The van der Waals surface area contributed by atoms with Crippen LogP contribution in [-0.2, 0) is 0 Å². The Balaban J connectivity index is 1.88. The molecule has 2 heterocycles. The molecule has 2 aromatic rings. The summed E-state index contributed by atoms with van der Waals surface area (Å²) in [5, 5.41) is 6.58. The largest absolute Gasteiger partial charge is 0.381 e. The Labute approximate surface area is 117 Å². The Morgan fingerprint density at radius 1 is 1.17 bits per heavy atom. The number of hydrogen-bond acceptors (Lipinski definition) is 3. The fraction of sp³-hybridized carbons (Fsp3) is 0.333. The third-order valence-electron chi connectivity index (χ3n) is 3.43. The SMILES string of the molecule is CC1SCCC1Nc1ccccc1-c1cccs1. The number of rotatable bonds is 3. The van der Waals surface area contributed by atoms with Gasteiger partial charge in [-0.25, -0.2) is 0 Å². The number of para-hydroxylation sites is 1.